The minimum absolute atomic E-state index is 0.199. The van der Waals surface area contributed by atoms with Crippen molar-refractivity contribution in [1.29, 1.82) is 0 Å². The molecule has 0 saturated carbocycles. The molecule has 1 aromatic heterocycles. The topological polar surface area (TPSA) is 60.7 Å². The lowest BCUT2D eigenvalue weighted by Gasteiger charge is -2.25. The average molecular weight is 508 g/mol. The molecule has 0 aliphatic carbocycles. The van der Waals surface area contributed by atoms with Crippen LogP contribution in [0.4, 0.5) is 0 Å². The van der Waals surface area contributed by atoms with Gasteiger partial charge in [-0.2, -0.15) is 0 Å². The van der Waals surface area contributed by atoms with E-state index in [2.05, 4.69) is 4.99 Å². The van der Waals surface area contributed by atoms with Gasteiger partial charge in [0.05, 0.1) is 22.4 Å². The van der Waals surface area contributed by atoms with Gasteiger partial charge in [0, 0.05) is 15.1 Å². The van der Waals surface area contributed by atoms with Gasteiger partial charge in [-0.1, -0.05) is 70.4 Å². The SMILES string of the molecule is CCOC(=O)C1=C(C)N=c2s/c(=C/c3ccc(Cl)cc3Cl)c(=O)n2C1c1ccccc1Cl. The Kier molecular flexibility index (Phi) is 6.58. The van der Waals surface area contributed by atoms with Crippen LogP contribution in [0.5, 0.6) is 0 Å². The number of hydrogen-bond acceptors (Lipinski definition) is 5. The molecule has 5 nitrogen and oxygen atoms in total. The summed E-state index contributed by atoms with van der Waals surface area (Å²) in [6.07, 6.45) is 1.69. The first-order valence-electron chi connectivity index (χ1n) is 9.71. The molecule has 1 aliphatic rings. The predicted octanol–water partition coefficient (Wildman–Crippen LogP) is 4.76. The number of allylic oxidation sites excluding steroid dienone is 1. The Morgan fingerprint density at radius 3 is 2.62 bits per heavy atom. The van der Waals surface area contributed by atoms with Crippen LogP contribution in [0.25, 0.3) is 6.08 Å². The minimum Gasteiger partial charge on any atom is -0.463 e. The Balaban J connectivity index is 1.99. The van der Waals surface area contributed by atoms with E-state index in [0.717, 1.165) is 0 Å². The normalized spacial score (nSPS) is 16.0. The van der Waals surface area contributed by atoms with Crippen LogP contribution in [-0.4, -0.2) is 17.1 Å². The number of rotatable bonds is 4. The summed E-state index contributed by atoms with van der Waals surface area (Å²) < 4.78 is 7.18. The van der Waals surface area contributed by atoms with Gasteiger partial charge in [0.15, 0.2) is 4.80 Å². The molecule has 3 aromatic rings. The van der Waals surface area contributed by atoms with Crippen molar-refractivity contribution in [3.63, 3.8) is 0 Å². The highest BCUT2D eigenvalue weighted by Crippen LogP contribution is 2.34. The number of ether oxygens (including phenoxy) is 1. The summed E-state index contributed by atoms with van der Waals surface area (Å²) in [7, 11) is 0. The van der Waals surface area contributed by atoms with Gasteiger partial charge in [-0.15, -0.1) is 0 Å². The number of benzene rings is 2. The van der Waals surface area contributed by atoms with Gasteiger partial charge < -0.3 is 4.74 Å². The van der Waals surface area contributed by atoms with Crippen LogP contribution < -0.4 is 14.9 Å². The number of hydrogen-bond donors (Lipinski definition) is 0. The zero-order valence-electron chi connectivity index (χ0n) is 17.1. The Hall–Kier alpha value is -2.38. The molecule has 32 heavy (non-hydrogen) atoms. The molecule has 0 fully saturated rings. The number of aromatic nitrogens is 1. The lowest BCUT2D eigenvalue weighted by Crippen LogP contribution is -2.40. The summed E-state index contributed by atoms with van der Waals surface area (Å²) in [6.45, 7) is 3.65. The maximum atomic E-state index is 13.5. The second kappa shape index (κ2) is 9.24. The monoisotopic (exact) mass is 506 g/mol. The first kappa shape index (κ1) is 22.8. The number of halogens is 3. The van der Waals surface area contributed by atoms with Gasteiger partial charge in [0.2, 0.25) is 0 Å². The van der Waals surface area contributed by atoms with Crippen LogP contribution >= 0.6 is 46.1 Å². The van der Waals surface area contributed by atoms with Gasteiger partial charge >= 0.3 is 5.97 Å². The third kappa shape index (κ3) is 4.16. The number of nitrogens with zero attached hydrogens (tertiary/aromatic N) is 2. The van der Waals surface area contributed by atoms with Gasteiger partial charge in [-0.3, -0.25) is 9.36 Å². The quantitative estimate of drug-likeness (QED) is 0.479. The first-order chi connectivity index (χ1) is 15.3. The highest BCUT2D eigenvalue weighted by atomic mass is 35.5. The molecule has 164 valence electrons. The summed E-state index contributed by atoms with van der Waals surface area (Å²) in [5, 5.41) is 1.36. The van der Waals surface area contributed by atoms with Gasteiger partial charge in [0.25, 0.3) is 5.56 Å². The Morgan fingerprint density at radius 1 is 1.19 bits per heavy atom. The second-order valence-corrected chi connectivity index (χ2v) is 9.25. The van der Waals surface area contributed by atoms with Crippen molar-refractivity contribution in [2.45, 2.75) is 19.9 Å². The maximum Gasteiger partial charge on any atom is 0.338 e. The predicted molar refractivity (Wildman–Crippen MR) is 128 cm³/mol. The van der Waals surface area contributed by atoms with Crippen LogP contribution in [0.3, 0.4) is 0 Å². The van der Waals surface area contributed by atoms with Crippen LogP contribution in [-0.2, 0) is 9.53 Å². The fourth-order valence-electron chi connectivity index (χ4n) is 3.54. The lowest BCUT2D eigenvalue weighted by atomic mass is 9.96. The summed E-state index contributed by atoms with van der Waals surface area (Å²) in [6, 6.07) is 11.4. The lowest BCUT2D eigenvalue weighted by molar-refractivity contribution is -0.139. The van der Waals surface area contributed by atoms with Crippen molar-refractivity contribution < 1.29 is 9.53 Å². The van der Waals surface area contributed by atoms with Gasteiger partial charge in [-0.05, 0) is 49.2 Å². The van der Waals surface area contributed by atoms with E-state index >= 15 is 0 Å². The zero-order chi connectivity index (χ0) is 23.0. The highest BCUT2D eigenvalue weighted by molar-refractivity contribution is 7.07. The second-order valence-electron chi connectivity index (χ2n) is 6.99. The largest absolute Gasteiger partial charge is 0.463 e. The number of carbonyl (C=O) groups excluding carboxylic acids is 1. The number of esters is 1. The smallest absolute Gasteiger partial charge is 0.338 e. The summed E-state index contributed by atoms with van der Waals surface area (Å²) >= 11 is 20.0. The van der Waals surface area contributed by atoms with E-state index in [4.69, 9.17) is 39.5 Å². The maximum absolute atomic E-state index is 13.5. The van der Waals surface area contributed by atoms with Crippen molar-refractivity contribution >= 4 is 58.2 Å². The number of fused-ring (bicyclic) bond motifs is 1. The Morgan fingerprint density at radius 2 is 1.94 bits per heavy atom. The highest BCUT2D eigenvalue weighted by Gasteiger charge is 2.34. The molecular formula is C23H17Cl3N2O3S. The molecule has 9 heteroatoms. The van der Waals surface area contributed by atoms with Crippen molar-refractivity contribution in [3.05, 3.63) is 99.6 Å². The molecule has 1 unspecified atom stereocenters. The third-order valence-electron chi connectivity index (χ3n) is 4.97. The van der Waals surface area contributed by atoms with Gasteiger partial charge in [-0.25, -0.2) is 9.79 Å². The average Bonchev–Trinajstić information content (AvgIpc) is 3.04. The molecule has 0 saturated heterocycles. The van der Waals surface area contributed by atoms with E-state index in [1.807, 2.05) is 6.07 Å². The molecule has 1 atom stereocenters. The minimum atomic E-state index is -0.762. The number of carbonyl (C=O) groups is 1. The van der Waals surface area contributed by atoms with E-state index < -0.39 is 12.0 Å². The van der Waals surface area contributed by atoms with Crippen molar-refractivity contribution in [2.24, 2.45) is 4.99 Å². The fraction of sp³-hybridized carbons (Fsp3) is 0.174. The van der Waals surface area contributed by atoms with E-state index in [9.17, 15) is 9.59 Å². The van der Waals surface area contributed by atoms with Crippen LogP contribution in [0.15, 0.2) is 63.5 Å². The van der Waals surface area contributed by atoms with Crippen molar-refractivity contribution in [3.8, 4) is 0 Å². The molecular weight excluding hydrogens is 491 g/mol. The third-order valence-corrected chi connectivity index (χ3v) is 6.86. The molecule has 0 spiro atoms. The van der Waals surface area contributed by atoms with Gasteiger partial charge in [0.1, 0.15) is 6.04 Å². The Labute approximate surface area is 202 Å². The van der Waals surface area contributed by atoms with E-state index in [1.54, 1.807) is 56.3 Å². The van der Waals surface area contributed by atoms with E-state index in [0.29, 0.717) is 41.2 Å². The fourth-order valence-corrected chi connectivity index (χ4v) is 5.28. The van der Waals surface area contributed by atoms with E-state index in [1.165, 1.54) is 15.9 Å². The Bertz CT molecular complexity index is 1440. The summed E-state index contributed by atoms with van der Waals surface area (Å²) in [5.41, 5.74) is 1.72. The molecule has 2 aromatic carbocycles. The van der Waals surface area contributed by atoms with Crippen molar-refractivity contribution in [2.75, 3.05) is 6.61 Å². The summed E-state index contributed by atoms with van der Waals surface area (Å²) in [5.74, 6) is -0.534. The van der Waals surface area contributed by atoms with E-state index in [-0.39, 0.29) is 17.7 Å². The molecule has 0 radical (unpaired) electrons. The summed E-state index contributed by atoms with van der Waals surface area (Å²) in [4.78, 5) is 31.4. The molecule has 1 aliphatic heterocycles. The number of thiazole rings is 1. The standard InChI is InChI=1S/C23H17Cl3N2O3S/c1-3-31-22(30)19-12(2)27-23-28(20(19)15-6-4-5-7-16(15)25)21(29)18(32-23)10-13-8-9-14(24)11-17(13)26/h4-11,20H,3H2,1-2H3/b18-10+. The van der Waals surface area contributed by atoms with Crippen molar-refractivity contribution in [1.82, 2.24) is 4.57 Å². The first-order valence-corrected chi connectivity index (χ1v) is 11.7. The molecule has 0 bridgehead atoms. The molecule has 4 rings (SSSR count). The van der Waals surface area contributed by atoms with Crippen LogP contribution in [0, 0.1) is 0 Å². The molecule has 0 amide bonds. The van der Waals surface area contributed by atoms with Crippen LogP contribution in [0.2, 0.25) is 15.1 Å². The van der Waals surface area contributed by atoms with Crippen LogP contribution in [0.1, 0.15) is 31.0 Å². The molecule has 2 heterocycles. The molecule has 0 N–H and O–H groups in total. The zero-order valence-corrected chi connectivity index (χ0v) is 20.1.